The third-order valence-corrected chi connectivity index (χ3v) is 5.03. The summed E-state index contributed by atoms with van der Waals surface area (Å²) in [6, 6.07) is 12.9. The molecule has 1 fully saturated rings. The molecule has 0 atom stereocenters. The van der Waals surface area contributed by atoms with Crippen LogP contribution >= 0.6 is 23.2 Å². The highest BCUT2D eigenvalue weighted by Crippen LogP contribution is 2.34. The smallest absolute Gasteiger partial charge is 0.169 e. The second-order valence-electron chi connectivity index (χ2n) is 6.23. The zero-order chi connectivity index (χ0) is 17.5. The lowest BCUT2D eigenvalue weighted by Crippen LogP contribution is -2.31. The SMILES string of the molecule is Clc1ccc(Oc2ccccc2OCCCN2CCCCC2)cc1Cl. The van der Waals surface area contributed by atoms with Crippen molar-refractivity contribution in [2.75, 3.05) is 26.2 Å². The van der Waals surface area contributed by atoms with Gasteiger partial charge in [0, 0.05) is 12.6 Å². The van der Waals surface area contributed by atoms with Gasteiger partial charge in [-0.25, -0.2) is 0 Å². The van der Waals surface area contributed by atoms with Crippen LogP contribution in [0, 0.1) is 0 Å². The van der Waals surface area contributed by atoms with Crippen LogP contribution in [0.25, 0.3) is 0 Å². The summed E-state index contributed by atoms with van der Waals surface area (Å²) in [5.74, 6) is 2.06. The maximum absolute atomic E-state index is 6.05. The number of nitrogens with zero attached hydrogens (tertiary/aromatic N) is 1. The van der Waals surface area contributed by atoms with Gasteiger partial charge in [0.15, 0.2) is 11.5 Å². The first-order valence-electron chi connectivity index (χ1n) is 8.79. The van der Waals surface area contributed by atoms with Crippen LogP contribution in [0.2, 0.25) is 10.0 Å². The van der Waals surface area contributed by atoms with E-state index in [-0.39, 0.29) is 0 Å². The molecule has 1 aliphatic rings. The summed E-state index contributed by atoms with van der Waals surface area (Å²) in [7, 11) is 0. The highest BCUT2D eigenvalue weighted by atomic mass is 35.5. The molecule has 3 nitrogen and oxygen atoms in total. The molecule has 2 aromatic rings. The number of halogens is 2. The number of benzene rings is 2. The third-order valence-electron chi connectivity index (χ3n) is 4.29. The fourth-order valence-corrected chi connectivity index (χ4v) is 3.26. The summed E-state index contributed by atoms with van der Waals surface area (Å²) >= 11 is 12.0. The van der Waals surface area contributed by atoms with E-state index in [4.69, 9.17) is 32.7 Å². The number of piperidine rings is 1. The Bertz CT molecular complexity index is 687. The van der Waals surface area contributed by atoms with Crippen LogP contribution < -0.4 is 9.47 Å². The van der Waals surface area contributed by atoms with E-state index in [0.717, 1.165) is 18.7 Å². The predicted octanol–water partition coefficient (Wildman–Crippen LogP) is 6.04. The first-order chi connectivity index (χ1) is 12.2. The Morgan fingerprint density at radius 3 is 2.40 bits per heavy atom. The van der Waals surface area contributed by atoms with E-state index in [2.05, 4.69) is 4.90 Å². The van der Waals surface area contributed by atoms with Gasteiger partial charge in [-0.1, -0.05) is 41.8 Å². The summed E-state index contributed by atoms with van der Waals surface area (Å²) < 4.78 is 11.9. The van der Waals surface area contributed by atoms with E-state index in [0.29, 0.717) is 28.2 Å². The van der Waals surface area contributed by atoms with Gasteiger partial charge >= 0.3 is 0 Å². The van der Waals surface area contributed by atoms with Crippen molar-refractivity contribution in [2.24, 2.45) is 0 Å². The summed E-state index contributed by atoms with van der Waals surface area (Å²) in [4.78, 5) is 2.52. The standard InChI is InChI=1S/C20H23Cl2NO2/c21-17-10-9-16(15-18(17)22)25-20-8-3-2-7-19(20)24-14-6-13-23-11-4-1-5-12-23/h2-3,7-10,15H,1,4-6,11-14H2. The number of likely N-dealkylation sites (tertiary alicyclic amines) is 1. The molecule has 0 unspecified atom stereocenters. The van der Waals surface area contributed by atoms with Crippen molar-refractivity contribution in [1.82, 2.24) is 4.90 Å². The molecule has 3 rings (SSSR count). The van der Waals surface area contributed by atoms with Crippen LogP contribution in [0.4, 0.5) is 0 Å². The van der Waals surface area contributed by atoms with Gasteiger partial charge < -0.3 is 14.4 Å². The molecule has 2 aromatic carbocycles. The Balaban J connectivity index is 1.54. The van der Waals surface area contributed by atoms with E-state index in [9.17, 15) is 0 Å². The maximum atomic E-state index is 6.05. The van der Waals surface area contributed by atoms with Crippen LogP contribution in [-0.4, -0.2) is 31.1 Å². The van der Waals surface area contributed by atoms with Gasteiger partial charge in [0.25, 0.3) is 0 Å². The second-order valence-corrected chi connectivity index (χ2v) is 7.04. The Morgan fingerprint density at radius 1 is 0.880 bits per heavy atom. The topological polar surface area (TPSA) is 21.7 Å². The number of para-hydroxylation sites is 2. The first-order valence-corrected chi connectivity index (χ1v) is 9.55. The lowest BCUT2D eigenvalue weighted by molar-refractivity contribution is 0.203. The van der Waals surface area contributed by atoms with E-state index in [1.165, 1.54) is 32.4 Å². The lowest BCUT2D eigenvalue weighted by Gasteiger charge is -2.26. The van der Waals surface area contributed by atoms with E-state index >= 15 is 0 Å². The Morgan fingerprint density at radius 2 is 1.64 bits per heavy atom. The minimum absolute atomic E-state index is 0.471. The van der Waals surface area contributed by atoms with Gasteiger partial charge in [0.1, 0.15) is 5.75 Å². The highest BCUT2D eigenvalue weighted by molar-refractivity contribution is 6.42. The van der Waals surface area contributed by atoms with Crippen LogP contribution in [0.5, 0.6) is 17.2 Å². The number of hydrogen-bond donors (Lipinski definition) is 0. The van der Waals surface area contributed by atoms with Crippen molar-refractivity contribution in [2.45, 2.75) is 25.7 Å². The van der Waals surface area contributed by atoms with E-state index in [1.807, 2.05) is 24.3 Å². The van der Waals surface area contributed by atoms with Crippen molar-refractivity contribution in [3.63, 3.8) is 0 Å². The summed E-state index contributed by atoms with van der Waals surface area (Å²) in [6.45, 7) is 4.21. The molecule has 25 heavy (non-hydrogen) atoms. The number of ether oxygens (including phenoxy) is 2. The predicted molar refractivity (Wildman–Crippen MR) is 103 cm³/mol. The highest BCUT2D eigenvalue weighted by Gasteiger charge is 2.10. The maximum Gasteiger partial charge on any atom is 0.169 e. The molecule has 0 aliphatic carbocycles. The fraction of sp³-hybridized carbons (Fsp3) is 0.400. The van der Waals surface area contributed by atoms with Crippen molar-refractivity contribution in [3.05, 3.63) is 52.5 Å². The molecule has 0 radical (unpaired) electrons. The minimum Gasteiger partial charge on any atom is -0.490 e. The molecular weight excluding hydrogens is 357 g/mol. The molecule has 1 aliphatic heterocycles. The van der Waals surface area contributed by atoms with Crippen LogP contribution in [0.15, 0.2) is 42.5 Å². The van der Waals surface area contributed by atoms with Crippen molar-refractivity contribution in [1.29, 1.82) is 0 Å². The number of rotatable bonds is 7. The Labute approximate surface area is 159 Å². The third kappa shape index (κ3) is 5.53. The average Bonchev–Trinajstić information content (AvgIpc) is 2.64. The Hall–Kier alpha value is -1.42. The quantitative estimate of drug-likeness (QED) is 0.547. The Kier molecular flexibility index (Phi) is 6.85. The van der Waals surface area contributed by atoms with Gasteiger partial charge in [0.2, 0.25) is 0 Å². The number of hydrogen-bond acceptors (Lipinski definition) is 3. The normalized spacial score (nSPS) is 15.1. The van der Waals surface area contributed by atoms with Gasteiger partial charge in [0.05, 0.1) is 16.7 Å². The molecule has 0 aromatic heterocycles. The summed E-state index contributed by atoms with van der Waals surface area (Å²) in [6.07, 6.45) is 5.02. The monoisotopic (exact) mass is 379 g/mol. The summed E-state index contributed by atoms with van der Waals surface area (Å²) in [5, 5.41) is 0.982. The molecule has 1 heterocycles. The van der Waals surface area contributed by atoms with Crippen molar-refractivity contribution >= 4 is 23.2 Å². The molecule has 0 N–H and O–H groups in total. The molecular formula is C20H23Cl2NO2. The average molecular weight is 380 g/mol. The largest absolute Gasteiger partial charge is 0.490 e. The van der Waals surface area contributed by atoms with Gasteiger partial charge in [-0.2, -0.15) is 0 Å². The van der Waals surface area contributed by atoms with Crippen molar-refractivity contribution < 1.29 is 9.47 Å². The van der Waals surface area contributed by atoms with Crippen LogP contribution in [0.1, 0.15) is 25.7 Å². The van der Waals surface area contributed by atoms with Gasteiger partial charge in [-0.15, -0.1) is 0 Å². The van der Waals surface area contributed by atoms with Gasteiger partial charge in [-0.05, 0) is 56.6 Å². The zero-order valence-corrected chi connectivity index (χ0v) is 15.7. The molecule has 0 spiro atoms. The van der Waals surface area contributed by atoms with Crippen LogP contribution in [-0.2, 0) is 0 Å². The second kappa shape index (κ2) is 9.33. The molecule has 0 amide bonds. The molecule has 5 heteroatoms. The summed E-state index contributed by atoms with van der Waals surface area (Å²) in [5.41, 5.74) is 0. The van der Waals surface area contributed by atoms with E-state index in [1.54, 1.807) is 18.2 Å². The molecule has 134 valence electrons. The molecule has 0 bridgehead atoms. The van der Waals surface area contributed by atoms with Crippen LogP contribution in [0.3, 0.4) is 0 Å². The van der Waals surface area contributed by atoms with E-state index < -0.39 is 0 Å². The lowest BCUT2D eigenvalue weighted by atomic mass is 10.1. The fourth-order valence-electron chi connectivity index (χ4n) is 2.97. The zero-order valence-electron chi connectivity index (χ0n) is 14.2. The molecule has 0 saturated carbocycles. The minimum atomic E-state index is 0.471. The van der Waals surface area contributed by atoms with Crippen molar-refractivity contribution in [3.8, 4) is 17.2 Å². The first kappa shape index (κ1) is 18.4. The van der Waals surface area contributed by atoms with Gasteiger partial charge in [-0.3, -0.25) is 0 Å². The molecule has 1 saturated heterocycles.